The molecule has 4 rings (SSSR count). The van der Waals surface area contributed by atoms with Crippen molar-refractivity contribution in [3.63, 3.8) is 0 Å². The van der Waals surface area contributed by atoms with Gasteiger partial charge >= 0.3 is 0 Å². The van der Waals surface area contributed by atoms with Crippen LogP contribution in [-0.4, -0.2) is 72.6 Å². The third-order valence-corrected chi connectivity index (χ3v) is 7.04. The van der Waals surface area contributed by atoms with Crippen molar-refractivity contribution in [1.82, 2.24) is 9.80 Å². The molecule has 2 aromatic rings. The number of aliphatic hydroxyl groups is 1. The van der Waals surface area contributed by atoms with Gasteiger partial charge in [-0.1, -0.05) is 45.0 Å². The van der Waals surface area contributed by atoms with Crippen LogP contribution < -0.4 is 4.74 Å². The highest BCUT2D eigenvalue weighted by molar-refractivity contribution is 6.46. The molecule has 0 saturated carbocycles. The minimum atomic E-state index is -0.645. The Balaban J connectivity index is 1.65. The number of carbonyl (C=O) groups is 2. The summed E-state index contributed by atoms with van der Waals surface area (Å²) in [6, 6.07) is 14.4. The van der Waals surface area contributed by atoms with Gasteiger partial charge in [0.05, 0.1) is 31.4 Å². The first-order chi connectivity index (χ1) is 17.9. The largest absolute Gasteiger partial charge is 0.507 e. The van der Waals surface area contributed by atoms with Crippen LogP contribution in [-0.2, 0) is 14.3 Å². The lowest BCUT2D eigenvalue weighted by Gasteiger charge is -2.29. The standard InChI is InChI=1S/C30H38N2O5/c1-4-18-37-25-12-10-24(11-13-25)28(33)26-27(23-8-6-22(7-9-23)21(2)3)32(30(35)29(26)34)15-5-14-31-16-19-36-20-17-31/h6-13,21,27,33H,4-5,14-20H2,1-3H3/b28-26+/t27-/m1/s1. The van der Waals surface area contributed by atoms with Gasteiger partial charge in [-0.3, -0.25) is 14.5 Å². The van der Waals surface area contributed by atoms with Crippen LogP contribution in [0.5, 0.6) is 5.75 Å². The van der Waals surface area contributed by atoms with E-state index in [1.54, 1.807) is 29.2 Å². The summed E-state index contributed by atoms with van der Waals surface area (Å²) in [6.07, 6.45) is 1.63. The Morgan fingerprint density at radius 1 is 1.03 bits per heavy atom. The second-order valence-electron chi connectivity index (χ2n) is 9.99. The fourth-order valence-electron chi connectivity index (χ4n) is 4.89. The molecule has 7 heteroatoms. The van der Waals surface area contributed by atoms with Crippen LogP contribution in [0, 0.1) is 0 Å². The molecule has 1 N–H and O–H groups in total. The summed E-state index contributed by atoms with van der Waals surface area (Å²) < 4.78 is 11.1. The van der Waals surface area contributed by atoms with Gasteiger partial charge in [0.25, 0.3) is 11.7 Å². The minimum absolute atomic E-state index is 0.135. The maximum absolute atomic E-state index is 13.3. The number of rotatable bonds is 10. The van der Waals surface area contributed by atoms with Crippen LogP contribution in [0.4, 0.5) is 0 Å². The van der Waals surface area contributed by atoms with E-state index in [1.165, 1.54) is 5.56 Å². The van der Waals surface area contributed by atoms with Gasteiger partial charge in [-0.2, -0.15) is 0 Å². The molecular weight excluding hydrogens is 468 g/mol. The van der Waals surface area contributed by atoms with Crippen molar-refractivity contribution >= 4 is 17.4 Å². The average Bonchev–Trinajstić information content (AvgIpc) is 3.17. The SMILES string of the molecule is CCCOc1ccc(/C(O)=C2\C(=O)C(=O)N(CCCN3CCOCC3)[C@@H]2c2ccc(C(C)C)cc2)cc1. The molecule has 0 aromatic heterocycles. The Kier molecular flexibility index (Phi) is 9.00. The minimum Gasteiger partial charge on any atom is -0.507 e. The maximum Gasteiger partial charge on any atom is 0.295 e. The van der Waals surface area contributed by atoms with Crippen LogP contribution >= 0.6 is 0 Å². The molecule has 1 atom stereocenters. The number of likely N-dealkylation sites (tertiary alicyclic amines) is 1. The highest BCUT2D eigenvalue weighted by Crippen LogP contribution is 2.40. The molecule has 2 aliphatic rings. The van der Waals surface area contributed by atoms with E-state index in [1.807, 2.05) is 31.2 Å². The van der Waals surface area contributed by atoms with Gasteiger partial charge < -0.3 is 19.5 Å². The predicted molar refractivity (Wildman–Crippen MR) is 144 cm³/mol. The molecule has 198 valence electrons. The zero-order chi connectivity index (χ0) is 26.4. The first-order valence-corrected chi connectivity index (χ1v) is 13.3. The molecule has 0 radical (unpaired) electrons. The van der Waals surface area contributed by atoms with Crippen LogP contribution in [0.2, 0.25) is 0 Å². The molecule has 7 nitrogen and oxygen atoms in total. The van der Waals surface area contributed by atoms with Crippen molar-refractivity contribution in [2.24, 2.45) is 0 Å². The Bertz CT molecular complexity index is 1100. The molecule has 37 heavy (non-hydrogen) atoms. The molecule has 2 heterocycles. The lowest BCUT2D eigenvalue weighted by Crippen LogP contribution is -2.38. The van der Waals surface area contributed by atoms with Gasteiger partial charge in [-0.15, -0.1) is 0 Å². The molecule has 2 fully saturated rings. The predicted octanol–water partition coefficient (Wildman–Crippen LogP) is 4.74. The van der Waals surface area contributed by atoms with E-state index in [4.69, 9.17) is 9.47 Å². The molecule has 0 spiro atoms. The summed E-state index contributed by atoms with van der Waals surface area (Å²) in [6.45, 7) is 11.3. The lowest BCUT2D eigenvalue weighted by atomic mass is 9.93. The summed E-state index contributed by atoms with van der Waals surface area (Å²) in [4.78, 5) is 30.5. The second-order valence-corrected chi connectivity index (χ2v) is 9.99. The van der Waals surface area contributed by atoms with E-state index in [9.17, 15) is 14.7 Å². The number of aliphatic hydroxyl groups excluding tert-OH is 1. The van der Waals surface area contributed by atoms with Gasteiger partial charge in [0, 0.05) is 31.7 Å². The second kappa shape index (κ2) is 12.4. The van der Waals surface area contributed by atoms with Crippen molar-refractivity contribution < 1.29 is 24.2 Å². The number of ether oxygens (including phenoxy) is 2. The Morgan fingerprint density at radius 2 is 1.70 bits per heavy atom. The van der Waals surface area contributed by atoms with Crippen molar-refractivity contribution in [2.75, 3.05) is 46.0 Å². The van der Waals surface area contributed by atoms with Crippen LogP contribution in [0.1, 0.15) is 62.3 Å². The Labute approximate surface area is 219 Å². The molecule has 0 aliphatic carbocycles. The first kappa shape index (κ1) is 26.9. The van der Waals surface area contributed by atoms with Gasteiger partial charge in [-0.25, -0.2) is 0 Å². The normalized spacial score (nSPS) is 20.1. The van der Waals surface area contributed by atoms with E-state index in [0.717, 1.165) is 51.3 Å². The summed E-state index contributed by atoms with van der Waals surface area (Å²) in [5, 5.41) is 11.3. The fourth-order valence-corrected chi connectivity index (χ4v) is 4.89. The fraction of sp³-hybridized carbons (Fsp3) is 0.467. The Hall–Kier alpha value is -3.16. The number of Topliss-reactive ketones (excluding diaryl/α,β-unsaturated/α-hetero) is 1. The summed E-state index contributed by atoms with van der Waals surface area (Å²) in [5.41, 5.74) is 2.62. The van der Waals surface area contributed by atoms with E-state index in [0.29, 0.717) is 30.4 Å². The monoisotopic (exact) mass is 506 g/mol. The highest BCUT2D eigenvalue weighted by atomic mass is 16.5. The maximum atomic E-state index is 13.3. The number of hydrogen-bond acceptors (Lipinski definition) is 6. The zero-order valence-corrected chi connectivity index (χ0v) is 22.1. The third kappa shape index (κ3) is 6.22. The van der Waals surface area contributed by atoms with E-state index in [2.05, 4.69) is 18.7 Å². The van der Waals surface area contributed by atoms with E-state index >= 15 is 0 Å². The van der Waals surface area contributed by atoms with Crippen molar-refractivity contribution in [2.45, 2.75) is 45.6 Å². The van der Waals surface area contributed by atoms with Crippen molar-refractivity contribution in [1.29, 1.82) is 0 Å². The van der Waals surface area contributed by atoms with Gasteiger partial charge in [0.2, 0.25) is 0 Å². The van der Waals surface area contributed by atoms with Crippen molar-refractivity contribution in [3.05, 3.63) is 70.8 Å². The molecular formula is C30H38N2O5. The number of benzene rings is 2. The molecule has 2 aromatic carbocycles. The van der Waals surface area contributed by atoms with Gasteiger partial charge in [0.1, 0.15) is 11.5 Å². The molecule has 2 aliphatic heterocycles. The number of ketones is 1. The highest BCUT2D eigenvalue weighted by Gasteiger charge is 2.45. The number of hydrogen-bond donors (Lipinski definition) is 1. The average molecular weight is 507 g/mol. The molecule has 0 unspecified atom stereocenters. The van der Waals surface area contributed by atoms with Gasteiger partial charge in [0.15, 0.2) is 0 Å². The summed E-state index contributed by atoms with van der Waals surface area (Å²) >= 11 is 0. The number of nitrogens with zero attached hydrogens (tertiary/aromatic N) is 2. The number of amides is 1. The van der Waals surface area contributed by atoms with E-state index in [-0.39, 0.29) is 11.3 Å². The third-order valence-electron chi connectivity index (χ3n) is 7.04. The quantitative estimate of drug-likeness (QED) is 0.285. The van der Waals surface area contributed by atoms with Gasteiger partial charge in [-0.05, 0) is 54.2 Å². The molecule has 1 amide bonds. The number of carbonyl (C=O) groups excluding carboxylic acids is 2. The molecule has 2 saturated heterocycles. The Morgan fingerprint density at radius 3 is 2.32 bits per heavy atom. The molecule has 0 bridgehead atoms. The summed E-state index contributed by atoms with van der Waals surface area (Å²) in [5.74, 6) is -0.309. The zero-order valence-electron chi connectivity index (χ0n) is 22.1. The smallest absolute Gasteiger partial charge is 0.295 e. The van der Waals surface area contributed by atoms with Crippen molar-refractivity contribution in [3.8, 4) is 5.75 Å². The lowest BCUT2D eigenvalue weighted by molar-refractivity contribution is -0.140. The van der Waals surface area contributed by atoms with Crippen LogP contribution in [0.3, 0.4) is 0 Å². The first-order valence-electron chi connectivity index (χ1n) is 13.3. The summed E-state index contributed by atoms with van der Waals surface area (Å²) in [7, 11) is 0. The van der Waals surface area contributed by atoms with E-state index < -0.39 is 17.7 Å². The topological polar surface area (TPSA) is 79.3 Å². The number of morpholine rings is 1. The van der Waals surface area contributed by atoms with Crippen LogP contribution in [0.25, 0.3) is 5.76 Å². The van der Waals surface area contributed by atoms with Crippen LogP contribution in [0.15, 0.2) is 54.1 Å².